The molecular formula is C23H20FN5O2. The maximum absolute atomic E-state index is 14.2. The van der Waals surface area contributed by atoms with Crippen LogP contribution >= 0.6 is 0 Å². The summed E-state index contributed by atoms with van der Waals surface area (Å²) in [4.78, 5) is 21.9. The predicted octanol–water partition coefficient (Wildman–Crippen LogP) is 1.67. The summed E-state index contributed by atoms with van der Waals surface area (Å²) < 4.78 is 17.1. The van der Waals surface area contributed by atoms with Gasteiger partial charge in [-0.3, -0.25) is 4.79 Å². The number of aliphatic hydroxyl groups excluding tert-OH is 1. The molecule has 8 heteroatoms. The van der Waals surface area contributed by atoms with Crippen molar-refractivity contribution in [2.75, 3.05) is 13.2 Å². The van der Waals surface area contributed by atoms with Crippen molar-refractivity contribution in [2.24, 2.45) is 5.73 Å². The molecule has 0 radical (unpaired) electrons. The summed E-state index contributed by atoms with van der Waals surface area (Å²) in [7, 11) is 0. The van der Waals surface area contributed by atoms with Crippen LogP contribution in [0.1, 0.15) is 22.6 Å². The Kier molecular flexibility index (Phi) is 5.89. The van der Waals surface area contributed by atoms with E-state index in [0.29, 0.717) is 24.2 Å². The fraction of sp³-hybridized carbons (Fsp3) is 0.174. The quantitative estimate of drug-likeness (QED) is 0.482. The number of fused-ring (bicyclic) bond motifs is 1. The largest absolute Gasteiger partial charge is 0.395 e. The summed E-state index contributed by atoms with van der Waals surface area (Å²) >= 11 is 0. The maximum atomic E-state index is 14.2. The van der Waals surface area contributed by atoms with Crippen molar-refractivity contribution in [3.8, 4) is 11.8 Å². The second-order valence-electron chi connectivity index (χ2n) is 6.85. The molecule has 0 saturated carbocycles. The normalized spacial score (nSPS) is 11.8. The van der Waals surface area contributed by atoms with E-state index in [1.807, 2.05) is 6.07 Å². The van der Waals surface area contributed by atoms with Gasteiger partial charge in [0.25, 0.3) is 5.56 Å². The summed E-state index contributed by atoms with van der Waals surface area (Å²) in [6.07, 6.45) is 6.69. The molecule has 156 valence electrons. The number of imidazole rings is 1. The van der Waals surface area contributed by atoms with Crippen LogP contribution in [0.15, 0.2) is 66.1 Å². The van der Waals surface area contributed by atoms with Gasteiger partial charge in [0.1, 0.15) is 12.1 Å². The first-order valence-corrected chi connectivity index (χ1v) is 9.73. The number of hydrogen-bond acceptors (Lipinski definition) is 5. The lowest BCUT2D eigenvalue weighted by atomic mass is 9.98. The highest BCUT2D eigenvalue weighted by molar-refractivity contribution is 5.81. The fourth-order valence-electron chi connectivity index (χ4n) is 3.52. The summed E-state index contributed by atoms with van der Waals surface area (Å²) in [5, 5.41) is 10.5. The van der Waals surface area contributed by atoms with Gasteiger partial charge in [-0.1, -0.05) is 30.0 Å². The Balaban J connectivity index is 1.97. The minimum atomic E-state index is -0.780. The Morgan fingerprint density at radius 2 is 2.03 bits per heavy atom. The van der Waals surface area contributed by atoms with E-state index in [-0.39, 0.29) is 17.7 Å². The van der Waals surface area contributed by atoms with Crippen molar-refractivity contribution in [3.63, 3.8) is 0 Å². The molecule has 3 N–H and O–H groups in total. The highest BCUT2D eigenvalue weighted by Gasteiger charge is 2.18. The van der Waals surface area contributed by atoms with E-state index in [1.165, 1.54) is 21.7 Å². The highest BCUT2D eigenvalue weighted by atomic mass is 19.1. The number of rotatable bonds is 5. The summed E-state index contributed by atoms with van der Waals surface area (Å²) in [5.41, 5.74) is 7.04. The van der Waals surface area contributed by atoms with Gasteiger partial charge in [0.2, 0.25) is 0 Å². The Bertz CT molecular complexity index is 1340. The Morgan fingerprint density at radius 3 is 2.74 bits per heavy atom. The molecule has 0 saturated heterocycles. The van der Waals surface area contributed by atoms with Crippen molar-refractivity contribution in [3.05, 3.63) is 94.2 Å². The SMILES string of the molecule is NCCc1c(C#CC(CO)c2ccccc2F)c(=O)n(-n2ccnc2)c2ncccc12. The van der Waals surface area contributed by atoms with Gasteiger partial charge in [0.05, 0.1) is 18.1 Å². The zero-order chi connectivity index (χ0) is 21.8. The zero-order valence-electron chi connectivity index (χ0n) is 16.6. The molecule has 0 bridgehead atoms. The van der Waals surface area contributed by atoms with Gasteiger partial charge >= 0.3 is 0 Å². The van der Waals surface area contributed by atoms with Gasteiger partial charge in [0.15, 0.2) is 5.65 Å². The van der Waals surface area contributed by atoms with E-state index in [1.54, 1.807) is 42.9 Å². The Hall–Kier alpha value is -3.80. The Morgan fingerprint density at radius 1 is 1.19 bits per heavy atom. The van der Waals surface area contributed by atoms with Crippen molar-refractivity contribution < 1.29 is 9.50 Å². The molecule has 0 fully saturated rings. The van der Waals surface area contributed by atoms with Crippen LogP contribution in [0.5, 0.6) is 0 Å². The van der Waals surface area contributed by atoms with E-state index in [2.05, 4.69) is 21.8 Å². The average Bonchev–Trinajstić information content (AvgIpc) is 3.31. The monoisotopic (exact) mass is 417 g/mol. The molecule has 4 aromatic rings. The number of nitrogens with zero attached hydrogens (tertiary/aromatic N) is 4. The average molecular weight is 417 g/mol. The molecule has 3 heterocycles. The van der Waals surface area contributed by atoms with E-state index < -0.39 is 17.3 Å². The van der Waals surface area contributed by atoms with Crippen LogP contribution in [0.2, 0.25) is 0 Å². The van der Waals surface area contributed by atoms with Gasteiger partial charge in [-0.15, -0.1) is 0 Å². The minimum absolute atomic E-state index is 0.231. The third-order valence-electron chi connectivity index (χ3n) is 4.97. The van der Waals surface area contributed by atoms with Crippen molar-refractivity contribution >= 4 is 11.0 Å². The lowest BCUT2D eigenvalue weighted by molar-refractivity contribution is 0.284. The van der Waals surface area contributed by atoms with Crippen LogP contribution in [-0.4, -0.2) is 37.6 Å². The van der Waals surface area contributed by atoms with Crippen LogP contribution in [0, 0.1) is 17.7 Å². The number of hydrogen-bond donors (Lipinski definition) is 2. The molecular weight excluding hydrogens is 397 g/mol. The molecule has 0 aliphatic rings. The van der Waals surface area contributed by atoms with E-state index >= 15 is 0 Å². The van der Waals surface area contributed by atoms with Crippen LogP contribution < -0.4 is 11.3 Å². The maximum Gasteiger partial charge on any atom is 0.287 e. The second kappa shape index (κ2) is 8.92. The smallest absolute Gasteiger partial charge is 0.287 e. The first-order valence-electron chi connectivity index (χ1n) is 9.73. The number of pyridine rings is 2. The molecule has 1 atom stereocenters. The van der Waals surface area contributed by atoms with Crippen LogP contribution in [0.3, 0.4) is 0 Å². The van der Waals surface area contributed by atoms with Crippen LogP contribution in [0.25, 0.3) is 11.0 Å². The van der Waals surface area contributed by atoms with E-state index in [9.17, 15) is 14.3 Å². The van der Waals surface area contributed by atoms with Gasteiger partial charge < -0.3 is 10.8 Å². The lowest BCUT2D eigenvalue weighted by Crippen LogP contribution is -2.30. The van der Waals surface area contributed by atoms with Gasteiger partial charge in [-0.05, 0) is 36.7 Å². The van der Waals surface area contributed by atoms with Crippen LogP contribution in [-0.2, 0) is 6.42 Å². The molecule has 31 heavy (non-hydrogen) atoms. The molecule has 1 aromatic carbocycles. The molecule has 1 unspecified atom stereocenters. The molecule has 7 nitrogen and oxygen atoms in total. The van der Waals surface area contributed by atoms with Crippen LogP contribution in [0.4, 0.5) is 4.39 Å². The predicted molar refractivity (Wildman–Crippen MR) is 115 cm³/mol. The molecule has 0 spiro atoms. The van der Waals surface area contributed by atoms with Gasteiger partial charge in [-0.2, -0.15) is 4.68 Å². The number of aromatic nitrogens is 4. The second-order valence-corrected chi connectivity index (χ2v) is 6.85. The molecule has 0 aliphatic carbocycles. The Labute approximate surface area is 177 Å². The van der Waals surface area contributed by atoms with Crippen molar-refractivity contribution in [1.29, 1.82) is 0 Å². The van der Waals surface area contributed by atoms with Gasteiger partial charge in [0, 0.05) is 29.5 Å². The molecule has 4 rings (SSSR count). The highest BCUT2D eigenvalue weighted by Crippen LogP contribution is 2.21. The third kappa shape index (κ3) is 3.84. The minimum Gasteiger partial charge on any atom is -0.395 e. The van der Waals surface area contributed by atoms with Crippen molar-refractivity contribution in [1.82, 2.24) is 19.3 Å². The molecule has 0 amide bonds. The number of benzene rings is 1. The fourth-order valence-corrected chi connectivity index (χ4v) is 3.52. The summed E-state index contributed by atoms with van der Waals surface area (Å²) in [6, 6.07) is 9.76. The standard InChI is InChI=1S/C23H20FN5O2/c24-21-6-2-1-4-17(21)16(14-30)7-8-20-18(9-10-25)19-5-3-11-27-22(19)29(23(20)31)28-13-12-26-15-28/h1-6,11-13,15-16,30H,9-10,14,25H2. The first kappa shape index (κ1) is 20.5. The van der Waals surface area contributed by atoms with E-state index in [4.69, 9.17) is 5.73 Å². The number of aliphatic hydroxyl groups is 1. The van der Waals surface area contributed by atoms with Gasteiger partial charge in [-0.25, -0.2) is 19.0 Å². The molecule has 3 aromatic heterocycles. The first-order chi connectivity index (χ1) is 15.2. The summed E-state index contributed by atoms with van der Waals surface area (Å²) in [5.74, 6) is 4.55. The lowest BCUT2D eigenvalue weighted by Gasteiger charge is -2.15. The van der Waals surface area contributed by atoms with Crippen molar-refractivity contribution in [2.45, 2.75) is 12.3 Å². The third-order valence-corrected chi connectivity index (χ3v) is 4.97. The molecule has 0 aliphatic heterocycles. The number of nitrogens with two attached hydrogens (primary N) is 1. The zero-order valence-corrected chi connectivity index (χ0v) is 16.6. The van der Waals surface area contributed by atoms with E-state index in [0.717, 1.165) is 5.39 Å². The topological polar surface area (TPSA) is 99.0 Å². The number of halogens is 1. The summed E-state index contributed by atoms with van der Waals surface area (Å²) in [6.45, 7) is -0.0745.